The summed E-state index contributed by atoms with van der Waals surface area (Å²) in [6.45, 7) is 4.56. The first kappa shape index (κ1) is 37.8. The highest BCUT2D eigenvalue weighted by Crippen LogP contribution is 2.32. The Morgan fingerprint density at radius 3 is 2.31 bits per heavy atom. The van der Waals surface area contributed by atoms with Crippen LogP contribution in [0.1, 0.15) is 86.7 Å². The number of halogens is 2. The van der Waals surface area contributed by atoms with Crippen molar-refractivity contribution in [3.8, 4) is 22.6 Å². The third-order valence-corrected chi connectivity index (χ3v) is 8.96. The molecule has 0 spiro atoms. The number of carbonyl (C=O) groups is 3. The van der Waals surface area contributed by atoms with Crippen molar-refractivity contribution in [1.29, 1.82) is 0 Å². The van der Waals surface area contributed by atoms with Gasteiger partial charge in [-0.15, -0.1) is 0 Å². The molecule has 1 fully saturated rings. The Hall–Kier alpha value is -3.99. The fraction of sp³-hybridized carbons (Fsp3) is 0.500. The number of nitrogens with zero attached hydrogens (tertiary/aromatic N) is 1. The maximum atomic E-state index is 13.8. The first-order chi connectivity index (χ1) is 23.7. The van der Waals surface area contributed by atoms with Crippen molar-refractivity contribution in [3.05, 3.63) is 69.9 Å². The van der Waals surface area contributed by atoms with Crippen molar-refractivity contribution in [2.75, 3.05) is 39.5 Å². The van der Waals surface area contributed by atoms with Crippen molar-refractivity contribution in [3.63, 3.8) is 0 Å². The fourth-order valence-electron chi connectivity index (χ4n) is 5.81. The quantitative estimate of drug-likeness (QED) is 0.0866. The van der Waals surface area contributed by atoms with Crippen molar-refractivity contribution in [1.82, 2.24) is 4.90 Å². The van der Waals surface area contributed by atoms with Crippen LogP contribution in [-0.2, 0) is 31.9 Å². The molecule has 0 radical (unpaired) electrons. The largest absolute Gasteiger partial charge is 0.494 e. The molecule has 1 aliphatic heterocycles. The molecule has 2 heterocycles. The molecule has 1 aromatic heterocycles. The molecule has 4 rings (SSSR count). The van der Waals surface area contributed by atoms with Crippen molar-refractivity contribution in [2.24, 2.45) is 0 Å². The van der Waals surface area contributed by atoms with E-state index in [9.17, 15) is 23.2 Å². The predicted octanol–water partition coefficient (Wildman–Crippen LogP) is 8.30. The molecule has 2 aromatic carbocycles. The van der Waals surface area contributed by atoms with E-state index in [2.05, 4.69) is 6.07 Å². The van der Waals surface area contributed by atoms with Crippen LogP contribution in [0.5, 0.6) is 11.5 Å². The second-order valence-corrected chi connectivity index (χ2v) is 12.8. The number of hydrogen-bond acceptors (Lipinski definition) is 8. The minimum absolute atomic E-state index is 0.0338. The second kappa shape index (κ2) is 19.3. The van der Waals surface area contributed by atoms with E-state index in [1.165, 1.54) is 4.90 Å². The predicted molar refractivity (Wildman–Crippen MR) is 186 cm³/mol. The number of aryl methyl sites for hydroxylation is 1. The van der Waals surface area contributed by atoms with E-state index >= 15 is 0 Å². The Labute approximate surface area is 291 Å². The molecule has 0 unspecified atom stereocenters. The molecule has 49 heavy (non-hydrogen) atoms. The van der Waals surface area contributed by atoms with Crippen LogP contribution in [-0.4, -0.2) is 68.2 Å². The zero-order valence-electron chi connectivity index (χ0n) is 28.5. The monoisotopic (exact) mass is 699 g/mol. The first-order valence-corrected chi connectivity index (χ1v) is 18.2. The second-order valence-electron chi connectivity index (χ2n) is 12.1. The van der Waals surface area contributed by atoms with Gasteiger partial charge in [-0.3, -0.25) is 14.4 Å². The van der Waals surface area contributed by atoms with Crippen molar-refractivity contribution < 1.29 is 42.1 Å². The molecule has 1 saturated heterocycles. The molecule has 0 aliphatic carbocycles. The third kappa shape index (κ3) is 12.1. The van der Waals surface area contributed by atoms with Crippen LogP contribution in [0.25, 0.3) is 11.1 Å². The summed E-state index contributed by atoms with van der Waals surface area (Å²) in [6.07, 6.45) is 5.73. The van der Waals surface area contributed by atoms with E-state index in [4.69, 9.17) is 18.9 Å². The van der Waals surface area contributed by atoms with Crippen LogP contribution in [0.3, 0.4) is 0 Å². The Bertz CT molecular complexity index is 1510. The van der Waals surface area contributed by atoms with Gasteiger partial charge < -0.3 is 23.8 Å². The summed E-state index contributed by atoms with van der Waals surface area (Å²) in [7, 11) is 0. The van der Waals surface area contributed by atoms with Gasteiger partial charge in [0.25, 0.3) is 11.8 Å². The average molecular weight is 700 g/mol. The number of benzene rings is 2. The molecule has 0 bridgehead atoms. The van der Waals surface area contributed by atoms with E-state index in [1.807, 2.05) is 35.0 Å². The minimum atomic E-state index is -2.85. The first-order valence-electron chi connectivity index (χ1n) is 17.2. The number of unbranched alkanes of at least 4 members (excludes halogenated alkanes) is 3. The Morgan fingerprint density at radius 2 is 1.59 bits per heavy atom. The number of alkyl halides is 2. The van der Waals surface area contributed by atoms with Gasteiger partial charge in [0.1, 0.15) is 11.5 Å². The van der Waals surface area contributed by atoms with Gasteiger partial charge in [-0.1, -0.05) is 25.0 Å². The van der Waals surface area contributed by atoms with Gasteiger partial charge in [-0.25, -0.2) is 8.78 Å². The Balaban J connectivity index is 1.29. The number of ether oxygens (including phenoxy) is 4. The molecular formula is C38H47F2NO7S. The fourth-order valence-corrected chi connectivity index (χ4v) is 6.48. The number of amides is 1. The molecule has 0 saturated carbocycles. The van der Waals surface area contributed by atoms with Crippen LogP contribution in [0.15, 0.2) is 53.2 Å². The third-order valence-electron chi connectivity index (χ3n) is 8.28. The zero-order valence-corrected chi connectivity index (χ0v) is 29.3. The SMILES string of the molecule is CCOC(=O)CCCOc1cccc(CCCCCCOc2cc(C(=O)N3CCC(F)(F)C3)cc(-c3ccsc3)c2)c1CCC(=O)OCC. The number of likely N-dealkylation sites (tertiary alicyclic amines) is 1. The number of thiophene rings is 1. The summed E-state index contributed by atoms with van der Waals surface area (Å²) < 4.78 is 49.9. The lowest BCUT2D eigenvalue weighted by molar-refractivity contribution is -0.144. The lowest BCUT2D eigenvalue weighted by atomic mass is 9.96. The van der Waals surface area contributed by atoms with Gasteiger partial charge in [0.05, 0.1) is 33.0 Å². The van der Waals surface area contributed by atoms with E-state index < -0.39 is 18.4 Å². The topological polar surface area (TPSA) is 91.4 Å². The van der Waals surface area contributed by atoms with Gasteiger partial charge in [0.15, 0.2) is 0 Å². The number of carbonyl (C=O) groups excluding carboxylic acids is 3. The Morgan fingerprint density at radius 1 is 0.837 bits per heavy atom. The molecular weight excluding hydrogens is 652 g/mol. The van der Waals surface area contributed by atoms with Gasteiger partial charge in [-0.05, 0) is 109 Å². The van der Waals surface area contributed by atoms with Crippen LogP contribution >= 0.6 is 11.3 Å². The summed E-state index contributed by atoms with van der Waals surface area (Å²) in [5.41, 5.74) is 4.23. The summed E-state index contributed by atoms with van der Waals surface area (Å²) in [6, 6.07) is 13.2. The van der Waals surface area contributed by atoms with E-state index in [-0.39, 0.29) is 37.7 Å². The van der Waals surface area contributed by atoms with Crippen molar-refractivity contribution >= 4 is 29.2 Å². The van der Waals surface area contributed by atoms with Gasteiger partial charge in [0.2, 0.25) is 0 Å². The standard InChI is InChI=1S/C38H47F2NO7S/c1-3-45-35(42)14-10-21-48-34-13-9-12-28(33(34)15-16-36(43)46-4-2)11-7-5-6-8-20-47-32-24-30(29-17-22-49-26-29)23-31(25-32)37(44)41-19-18-38(39,40)27-41/h9,12-13,17,22-26H,3-8,10-11,14-16,18-21,27H2,1-2H3. The molecule has 0 atom stereocenters. The number of hydrogen-bond donors (Lipinski definition) is 0. The van der Waals surface area contributed by atoms with Crippen LogP contribution in [0.4, 0.5) is 8.78 Å². The van der Waals surface area contributed by atoms with Crippen LogP contribution in [0.2, 0.25) is 0 Å². The average Bonchev–Trinajstić information content (AvgIpc) is 3.75. The molecule has 1 aliphatic rings. The van der Waals surface area contributed by atoms with Crippen LogP contribution < -0.4 is 9.47 Å². The normalized spacial score (nSPS) is 13.7. The smallest absolute Gasteiger partial charge is 0.306 e. The molecule has 0 N–H and O–H groups in total. The summed E-state index contributed by atoms with van der Waals surface area (Å²) in [4.78, 5) is 38.2. The minimum Gasteiger partial charge on any atom is -0.494 e. The van der Waals surface area contributed by atoms with Crippen molar-refractivity contribution in [2.45, 2.75) is 84.0 Å². The van der Waals surface area contributed by atoms with Gasteiger partial charge in [-0.2, -0.15) is 11.3 Å². The van der Waals surface area contributed by atoms with Gasteiger partial charge in [0, 0.05) is 31.4 Å². The maximum Gasteiger partial charge on any atom is 0.306 e. The summed E-state index contributed by atoms with van der Waals surface area (Å²) in [5.74, 6) is -2.49. The number of esters is 2. The zero-order chi connectivity index (χ0) is 35.1. The summed E-state index contributed by atoms with van der Waals surface area (Å²) >= 11 is 1.54. The maximum absolute atomic E-state index is 13.8. The highest BCUT2D eigenvalue weighted by molar-refractivity contribution is 7.08. The molecule has 11 heteroatoms. The highest BCUT2D eigenvalue weighted by Gasteiger charge is 2.40. The lowest BCUT2D eigenvalue weighted by Crippen LogP contribution is -2.31. The number of rotatable bonds is 20. The van der Waals surface area contributed by atoms with Crippen LogP contribution in [0, 0.1) is 0 Å². The Kier molecular flexibility index (Phi) is 14.9. The molecule has 8 nitrogen and oxygen atoms in total. The molecule has 266 valence electrons. The molecule has 3 aromatic rings. The van der Waals surface area contributed by atoms with E-state index in [0.29, 0.717) is 50.6 Å². The highest BCUT2D eigenvalue weighted by atomic mass is 32.1. The molecule has 1 amide bonds. The van der Waals surface area contributed by atoms with E-state index in [0.717, 1.165) is 60.1 Å². The van der Waals surface area contributed by atoms with E-state index in [1.54, 1.807) is 37.3 Å². The van der Waals surface area contributed by atoms with Gasteiger partial charge >= 0.3 is 11.9 Å². The lowest BCUT2D eigenvalue weighted by Gasteiger charge is -2.18. The summed E-state index contributed by atoms with van der Waals surface area (Å²) in [5, 5.41) is 3.93.